The summed E-state index contributed by atoms with van der Waals surface area (Å²) < 4.78 is 0.987. The molecule has 0 unspecified atom stereocenters. The molecule has 0 fully saturated rings. The second-order valence-corrected chi connectivity index (χ2v) is 5.42. The van der Waals surface area contributed by atoms with E-state index in [0.717, 1.165) is 10.2 Å². The van der Waals surface area contributed by atoms with Crippen LogP contribution in [0, 0.1) is 0 Å². The summed E-state index contributed by atoms with van der Waals surface area (Å²) in [5, 5.41) is 12.2. The first-order valence-corrected chi connectivity index (χ1v) is 6.17. The topological polar surface area (TPSA) is 62.2 Å². The minimum atomic E-state index is -0.899. The number of thiazole rings is 1. The zero-order valence-corrected chi connectivity index (χ0v) is 10.5. The van der Waals surface area contributed by atoms with E-state index in [0.29, 0.717) is 5.56 Å². The van der Waals surface area contributed by atoms with Crippen molar-refractivity contribution in [1.82, 2.24) is 10.3 Å². The summed E-state index contributed by atoms with van der Waals surface area (Å²) >= 11 is 1.50. The van der Waals surface area contributed by atoms with Crippen LogP contribution in [0.5, 0.6) is 0 Å². The summed E-state index contributed by atoms with van der Waals surface area (Å²) in [6, 6.07) is 5.37. The summed E-state index contributed by atoms with van der Waals surface area (Å²) in [6.07, 6.45) is 0. The molecule has 1 aromatic heterocycles. The largest absolute Gasteiger partial charge is 0.389 e. The lowest BCUT2D eigenvalue weighted by molar-refractivity contribution is 0.0694. The molecule has 0 spiro atoms. The highest BCUT2D eigenvalue weighted by atomic mass is 32.1. The summed E-state index contributed by atoms with van der Waals surface area (Å²) in [7, 11) is 0. The Morgan fingerprint density at radius 3 is 3.00 bits per heavy atom. The number of rotatable bonds is 3. The molecule has 5 heteroatoms. The Kier molecular flexibility index (Phi) is 3.13. The molecule has 1 aromatic carbocycles. The van der Waals surface area contributed by atoms with Crippen LogP contribution in [0.25, 0.3) is 10.2 Å². The Hall–Kier alpha value is -1.46. The number of aliphatic hydroxyl groups is 1. The molecule has 2 N–H and O–H groups in total. The van der Waals surface area contributed by atoms with Gasteiger partial charge in [-0.25, -0.2) is 4.98 Å². The lowest BCUT2D eigenvalue weighted by Gasteiger charge is -2.17. The fourth-order valence-electron chi connectivity index (χ4n) is 1.39. The smallest absolute Gasteiger partial charge is 0.251 e. The van der Waals surface area contributed by atoms with Gasteiger partial charge >= 0.3 is 0 Å². The normalized spacial score (nSPS) is 11.7. The Morgan fingerprint density at radius 1 is 1.53 bits per heavy atom. The zero-order chi connectivity index (χ0) is 12.5. The number of benzene rings is 1. The average molecular weight is 250 g/mol. The number of hydrogen-bond acceptors (Lipinski definition) is 4. The fourth-order valence-corrected chi connectivity index (χ4v) is 2.11. The Bertz CT molecular complexity index is 543. The Labute approximate surface area is 103 Å². The number of hydrogen-bond donors (Lipinski definition) is 2. The van der Waals surface area contributed by atoms with E-state index in [1.165, 1.54) is 11.3 Å². The molecule has 0 aliphatic rings. The molecule has 0 bridgehead atoms. The van der Waals surface area contributed by atoms with Crippen LogP contribution < -0.4 is 5.32 Å². The van der Waals surface area contributed by atoms with Gasteiger partial charge in [0.15, 0.2) is 0 Å². The van der Waals surface area contributed by atoms with Crippen LogP contribution in [0.1, 0.15) is 24.2 Å². The first kappa shape index (κ1) is 12.0. The molecule has 0 radical (unpaired) electrons. The molecule has 0 atom stereocenters. The van der Waals surface area contributed by atoms with Crippen molar-refractivity contribution in [2.45, 2.75) is 19.4 Å². The molecular weight excluding hydrogens is 236 g/mol. The molecule has 0 saturated heterocycles. The summed E-state index contributed by atoms with van der Waals surface area (Å²) in [5.41, 5.74) is 2.34. The third kappa shape index (κ3) is 3.01. The van der Waals surface area contributed by atoms with Gasteiger partial charge in [0.1, 0.15) is 0 Å². The van der Waals surface area contributed by atoms with Crippen LogP contribution in [0.4, 0.5) is 0 Å². The average Bonchev–Trinajstić information content (AvgIpc) is 2.71. The van der Waals surface area contributed by atoms with Crippen molar-refractivity contribution in [3.63, 3.8) is 0 Å². The van der Waals surface area contributed by atoms with Crippen LogP contribution in [-0.2, 0) is 0 Å². The van der Waals surface area contributed by atoms with E-state index in [2.05, 4.69) is 10.3 Å². The monoisotopic (exact) mass is 250 g/mol. The third-order valence-corrected chi connectivity index (χ3v) is 3.07. The number of carbonyl (C=O) groups is 1. The quantitative estimate of drug-likeness (QED) is 0.873. The van der Waals surface area contributed by atoms with Gasteiger partial charge in [-0.1, -0.05) is 0 Å². The Morgan fingerprint density at radius 2 is 2.29 bits per heavy atom. The van der Waals surface area contributed by atoms with E-state index in [1.807, 2.05) is 12.1 Å². The van der Waals surface area contributed by atoms with Gasteiger partial charge in [-0.15, -0.1) is 11.3 Å². The molecule has 4 nitrogen and oxygen atoms in total. The molecule has 1 amide bonds. The maximum absolute atomic E-state index is 11.8. The van der Waals surface area contributed by atoms with Gasteiger partial charge in [0, 0.05) is 12.1 Å². The SMILES string of the molecule is CC(C)(O)CNC(=O)c1ccc2ncsc2c1. The molecule has 0 saturated carbocycles. The maximum atomic E-state index is 11.8. The van der Waals surface area contributed by atoms with Crippen molar-refractivity contribution < 1.29 is 9.90 Å². The standard InChI is InChI=1S/C12H14N2O2S/c1-12(2,16)6-13-11(15)8-3-4-9-10(5-8)17-7-14-9/h3-5,7,16H,6H2,1-2H3,(H,13,15). The first-order valence-electron chi connectivity index (χ1n) is 5.29. The van der Waals surface area contributed by atoms with E-state index in [4.69, 9.17) is 0 Å². The van der Waals surface area contributed by atoms with Gasteiger partial charge in [-0.2, -0.15) is 0 Å². The Balaban J connectivity index is 2.13. The van der Waals surface area contributed by atoms with Crippen molar-refractivity contribution >= 4 is 27.5 Å². The predicted molar refractivity (Wildman–Crippen MR) is 68.3 cm³/mol. The van der Waals surface area contributed by atoms with Crippen molar-refractivity contribution in [2.75, 3.05) is 6.54 Å². The first-order chi connectivity index (χ1) is 7.96. The molecule has 2 rings (SSSR count). The number of carbonyl (C=O) groups excluding carboxylic acids is 1. The van der Waals surface area contributed by atoms with Gasteiger partial charge in [0.2, 0.25) is 0 Å². The molecule has 0 aliphatic carbocycles. The van der Waals surface area contributed by atoms with Crippen molar-refractivity contribution in [2.24, 2.45) is 0 Å². The van der Waals surface area contributed by atoms with Crippen molar-refractivity contribution in [1.29, 1.82) is 0 Å². The maximum Gasteiger partial charge on any atom is 0.251 e. The van der Waals surface area contributed by atoms with Gasteiger partial charge in [-0.3, -0.25) is 4.79 Å². The minimum absolute atomic E-state index is 0.178. The van der Waals surface area contributed by atoms with Gasteiger partial charge in [0.05, 0.1) is 21.3 Å². The summed E-state index contributed by atoms with van der Waals surface area (Å²) in [5.74, 6) is -0.178. The second kappa shape index (κ2) is 4.43. The molecule has 90 valence electrons. The zero-order valence-electron chi connectivity index (χ0n) is 9.73. The van der Waals surface area contributed by atoms with E-state index >= 15 is 0 Å². The van der Waals surface area contributed by atoms with Gasteiger partial charge in [-0.05, 0) is 32.0 Å². The number of nitrogens with one attached hydrogen (secondary N) is 1. The van der Waals surface area contributed by atoms with E-state index < -0.39 is 5.60 Å². The lowest BCUT2D eigenvalue weighted by atomic mass is 10.1. The van der Waals surface area contributed by atoms with Crippen LogP contribution in [0.3, 0.4) is 0 Å². The number of nitrogens with zero attached hydrogens (tertiary/aromatic N) is 1. The highest BCUT2D eigenvalue weighted by Gasteiger charge is 2.15. The fraction of sp³-hybridized carbons (Fsp3) is 0.333. The molecule has 2 aromatic rings. The summed E-state index contributed by atoms with van der Waals surface area (Å²) in [4.78, 5) is 16.0. The van der Waals surface area contributed by atoms with E-state index in [-0.39, 0.29) is 12.5 Å². The third-order valence-electron chi connectivity index (χ3n) is 2.28. The van der Waals surface area contributed by atoms with E-state index in [1.54, 1.807) is 25.4 Å². The number of aromatic nitrogens is 1. The molecule has 1 heterocycles. The number of amides is 1. The molecular formula is C12H14N2O2S. The highest BCUT2D eigenvalue weighted by Crippen LogP contribution is 2.19. The van der Waals surface area contributed by atoms with Crippen molar-refractivity contribution in [3.8, 4) is 0 Å². The second-order valence-electron chi connectivity index (χ2n) is 4.53. The molecule has 0 aliphatic heterocycles. The van der Waals surface area contributed by atoms with Gasteiger partial charge < -0.3 is 10.4 Å². The van der Waals surface area contributed by atoms with Crippen LogP contribution in [-0.4, -0.2) is 28.1 Å². The predicted octanol–water partition coefficient (Wildman–Crippen LogP) is 1.80. The van der Waals surface area contributed by atoms with Crippen molar-refractivity contribution in [3.05, 3.63) is 29.3 Å². The van der Waals surface area contributed by atoms with Crippen LogP contribution in [0.2, 0.25) is 0 Å². The number of fused-ring (bicyclic) bond motifs is 1. The molecule has 17 heavy (non-hydrogen) atoms. The lowest BCUT2D eigenvalue weighted by Crippen LogP contribution is -2.38. The van der Waals surface area contributed by atoms with Crippen LogP contribution >= 0.6 is 11.3 Å². The minimum Gasteiger partial charge on any atom is -0.389 e. The summed E-state index contributed by atoms with van der Waals surface area (Å²) in [6.45, 7) is 3.53. The highest BCUT2D eigenvalue weighted by molar-refractivity contribution is 7.16. The van der Waals surface area contributed by atoms with E-state index in [9.17, 15) is 9.90 Å². The van der Waals surface area contributed by atoms with Gasteiger partial charge in [0.25, 0.3) is 5.91 Å². The van der Waals surface area contributed by atoms with Crippen LogP contribution in [0.15, 0.2) is 23.7 Å².